The van der Waals surface area contributed by atoms with Gasteiger partial charge in [0.1, 0.15) is 0 Å². The van der Waals surface area contributed by atoms with Crippen molar-refractivity contribution in [1.29, 1.82) is 0 Å². The smallest absolute Gasteiger partial charge is 0.223 e. The van der Waals surface area contributed by atoms with Gasteiger partial charge in [0.25, 0.3) is 0 Å². The van der Waals surface area contributed by atoms with E-state index in [1.54, 1.807) is 4.57 Å². The molecule has 0 fully saturated rings. The van der Waals surface area contributed by atoms with Gasteiger partial charge in [0.2, 0.25) is 5.43 Å². The lowest BCUT2D eigenvalue weighted by atomic mass is 10.2. The van der Waals surface area contributed by atoms with Crippen molar-refractivity contribution in [2.24, 2.45) is 0 Å². The zero-order valence-electron chi connectivity index (χ0n) is 9.14. The first-order valence-electron chi connectivity index (χ1n) is 5.23. The zero-order chi connectivity index (χ0) is 12.3. The normalized spacial score (nSPS) is 10.4. The van der Waals surface area contributed by atoms with Crippen molar-refractivity contribution < 1.29 is 5.11 Å². The molecule has 3 nitrogen and oxygen atoms in total. The summed E-state index contributed by atoms with van der Waals surface area (Å²) in [5, 5.41) is 9.42. The molecule has 0 radical (unpaired) electrons. The van der Waals surface area contributed by atoms with Crippen molar-refractivity contribution in [2.45, 2.75) is 12.4 Å². The van der Waals surface area contributed by atoms with Crippen molar-refractivity contribution in [3.63, 3.8) is 0 Å². The van der Waals surface area contributed by atoms with Crippen LogP contribution < -0.4 is 5.43 Å². The summed E-state index contributed by atoms with van der Waals surface area (Å²) >= 11 is 5.78. The van der Waals surface area contributed by atoms with E-state index in [1.165, 1.54) is 12.3 Å². The van der Waals surface area contributed by atoms with Gasteiger partial charge in [-0.05, 0) is 5.56 Å². The van der Waals surface area contributed by atoms with E-state index in [0.29, 0.717) is 12.2 Å². The van der Waals surface area contributed by atoms with Crippen molar-refractivity contribution in [2.75, 3.05) is 0 Å². The summed E-state index contributed by atoms with van der Waals surface area (Å²) < 4.78 is 1.78. The summed E-state index contributed by atoms with van der Waals surface area (Å²) in [6.07, 6.45) is 1.42. The SMILES string of the molecule is O=c1cc(CCl)n(Cc2ccccc2)cc1O. The molecule has 0 spiro atoms. The number of rotatable bonds is 3. The van der Waals surface area contributed by atoms with Crippen molar-refractivity contribution in [1.82, 2.24) is 4.57 Å². The van der Waals surface area contributed by atoms with Gasteiger partial charge in [0.05, 0.1) is 12.1 Å². The molecular weight excluding hydrogens is 238 g/mol. The van der Waals surface area contributed by atoms with Gasteiger partial charge in [-0.3, -0.25) is 4.79 Å². The highest BCUT2D eigenvalue weighted by Crippen LogP contribution is 2.11. The molecule has 0 aliphatic rings. The number of hydrogen-bond donors (Lipinski definition) is 1. The van der Waals surface area contributed by atoms with E-state index in [-0.39, 0.29) is 11.6 Å². The molecule has 0 atom stereocenters. The van der Waals surface area contributed by atoms with Crippen molar-refractivity contribution in [3.8, 4) is 5.75 Å². The van der Waals surface area contributed by atoms with E-state index in [0.717, 1.165) is 5.56 Å². The molecule has 0 saturated heterocycles. The van der Waals surface area contributed by atoms with Gasteiger partial charge in [0.15, 0.2) is 5.75 Å². The second-order valence-electron chi connectivity index (χ2n) is 3.76. The number of hydrogen-bond acceptors (Lipinski definition) is 2. The van der Waals surface area contributed by atoms with Gasteiger partial charge in [-0.15, -0.1) is 11.6 Å². The topological polar surface area (TPSA) is 42.2 Å². The van der Waals surface area contributed by atoms with Crippen LogP contribution in [0, 0.1) is 0 Å². The van der Waals surface area contributed by atoms with Crippen LogP contribution in [0.1, 0.15) is 11.3 Å². The highest BCUT2D eigenvalue weighted by molar-refractivity contribution is 6.16. The van der Waals surface area contributed by atoms with Gasteiger partial charge < -0.3 is 9.67 Å². The highest BCUT2D eigenvalue weighted by atomic mass is 35.5. The van der Waals surface area contributed by atoms with Crippen LogP contribution in [0.15, 0.2) is 47.4 Å². The molecule has 1 N–H and O–H groups in total. The highest BCUT2D eigenvalue weighted by Gasteiger charge is 2.05. The third kappa shape index (κ3) is 2.68. The van der Waals surface area contributed by atoms with Crippen LogP contribution in [0.25, 0.3) is 0 Å². The summed E-state index contributed by atoms with van der Waals surface area (Å²) in [5.41, 5.74) is 1.38. The van der Waals surface area contributed by atoms with Gasteiger partial charge in [-0.25, -0.2) is 0 Å². The number of aromatic hydroxyl groups is 1. The number of pyridine rings is 1. The summed E-state index contributed by atoms with van der Waals surface area (Å²) in [7, 11) is 0. The fourth-order valence-corrected chi connectivity index (χ4v) is 1.88. The lowest BCUT2D eigenvalue weighted by Gasteiger charge is -2.12. The van der Waals surface area contributed by atoms with Gasteiger partial charge in [0, 0.05) is 18.3 Å². The lowest BCUT2D eigenvalue weighted by molar-refractivity contribution is 0.461. The van der Waals surface area contributed by atoms with Gasteiger partial charge >= 0.3 is 0 Å². The molecule has 17 heavy (non-hydrogen) atoms. The minimum Gasteiger partial charge on any atom is -0.503 e. The first-order chi connectivity index (χ1) is 8.20. The molecule has 2 rings (SSSR count). The summed E-state index contributed by atoms with van der Waals surface area (Å²) in [4.78, 5) is 11.3. The van der Waals surface area contributed by atoms with Crippen molar-refractivity contribution in [3.05, 3.63) is 64.1 Å². The van der Waals surface area contributed by atoms with Crippen LogP contribution in [-0.2, 0) is 12.4 Å². The molecule has 1 aromatic carbocycles. The maximum Gasteiger partial charge on any atom is 0.223 e. The summed E-state index contributed by atoms with van der Waals surface area (Å²) in [6.45, 7) is 0.580. The van der Waals surface area contributed by atoms with Crippen LogP contribution in [0.2, 0.25) is 0 Å². The maximum absolute atomic E-state index is 11.3. The van der Waals surface area contributed by atoms with Crippen molar-refractivity contribution >= 4 is 11.6 Å². The van der Waals surface area contributed by atoms with Crippen LogP contribution in [0.4, 0.5) is 0 Å². The van der Waals surface area contributed by atoms with Crippen LogP contribution in [0.3, 0.4) is 0 Å². The summed E-state index contributed by atoms with van der Waals surface area (Å²) in [6, 6.07) is 11.1. The minimum atomic E-state index is -0.398. The van der Waals surface area contributed by atoms with Crippen LogP contribution in [-0.4, -0.2) is 9.67 Å². The Morgan fingerprint density at radius 3 is 2.59 bits per heavy atom. The lowest BCUT2D eigenvalue weighted by Crippen LogP contribution is -2.12. The Labute approximate surface area is 104 Å². The molecule has 0 bridgehead atoms. The zero-order valence-corrected chi connectivity index (χ0v) is 9.89. The molecule has 0 saturated carbocycles. The van der Waals surface area contributed by atoms with E-state index in [1.807, 2.05) is 30.3 Å². The predicted molar refractivity (Wildman–Crippen MR) is 67.5 cm³/mol. The van der Waals surface area contributed by atoms with Gasteiger partial charge in [-0.2, -0.15) is 0 Å². The Kier molecular flexibility index (Phi) is 3.49. The molecule has 0 amide bonds. The standard InChI is InChI=1S/C13H12ClNO2/c14-7-11-6-12(16)13(17)9-15(11)8-10-4-2-1-3-5-10/h1-6,9,17H,7-8H2. The van der Waals surface area contributed by atoms with E-state index < -0.39 is 5.43 Å². The van der Waals surface area contributed by atoms with Crippen LogP contribution >= 0.6 is 11.6 Å². The predicted octanol–water partition coefficient (Wildman–Crippen LogP) is 2.34. The minimum absolute atomic E-state index is 0.238. The third-order valence-electron chi connectivity index (χ3n) is 2.53. The molecule has 4 heteroatoms. The average molecular weight is 250 g/mol. The number of benzene rings is 1. The Morgan fingerprint density at radius 1 is 1.24 bits per heavy atom. The Morgan fingerprint density at radius 2 is 1.94 bits per heavy atom. The maximum atomic E-state index is 11.3. The second-order valence-corrected chi connectivity index (χ2v) is 4.03. The number of halogens is 1. The van der Waals surface area contributed by atoms with E-state index in [2.05, 4.69) is 0 Å². The molecule has 0 unspecified atom stereocenters. The Balaban J connectivity index is 2.38. The Bertz CT molecular complexity index is 563. The number of aromatic nitrogens is 1. The largest absolute Gasteiger partial charge is 0.503 e. The Hall–Kier alpha value is -1.74. The third-order valence-corrected chi connectivity index (χ3v) is 2.80. The molecular formula is C13H12ClNO2. The second kappa shape index (κ2) is 5.06. The van der Waals surface area contributed by atoms with E-state index in [4.69, 9.17) is 11.6 Å². The summed E-state index contributed by atoms with van der Waals surface area (Å²) in [5.74, 6) is -0.0164. The first kappa shape index (κ1) is 11.7. The van der Waals surface area contributed by atoms with E-state index in [9.17, 15) is 9.90 Å². The number of alkyl halides is 1. The monoisotopic (exact) mass is 249 g/mol. The first-order valence-corrected chi connectivity index (χ1v) is 5.76. The average Bonchev–Trinajstić information content (AvgIpc) is 2.35. The number of nitrogens with zero attached hydrogens (tertiary/aromatic N) is 1. The quantitative estimate of drug-likeness (QED) is 0.849. The fourth-order valence-electron chi connectivity index (χ4n) is 1.64. The molecule has 0 aliphatic carbocycles. The molecule has 1 aromatic heterocycles. The molecule has 88 valence electrons. The fraction of sp³-hybridized carbons (Fsp3) is 0.154. The van der Waals surface area contributed by atoms with Crippen LogP contribution in [0.5, 0.6) is 5.75 Å². The molecule has 1 heterocycles. The van der Waals surface area contributed by atoms with E-state index >= 15 is 0 Å². The molecule has 0 aliphatic heterocycles. The van der Waals surface area contributed by atoms with Gasteiger partial charge in [-0.1, -0.05) is 30.3 Å². The molecule has 2 aromatic rings.